The number of amides is 2. The van der Waals surface area contributed by atoms with Gasteiger partial charge in [-0.2, -0.15) is 30.7 Å². The van der Waals surface area contributed by atoms with Crippen LogP contribution in [0.4, 0.5) is 39.9 Å². The van der Waals surface area contributed by atoms with Crippen LogP contribution in [0, 0.1) is 5.82 Å². The molecule has 192 valence electrons. The van der Waals surface area contributed by atoms with E-state index in [1.165, 1.54) is 20.8 Å². The fourth-order valence-electron chi connectivity index (χ4n) is 3.19. The number of carbonyl (C=O) groups is 2. The maximum Gasteiger partial charge on any atom is 0.461 e. The number of hydrogen-bond donors (Lipinski definition) is 1. The second-order valence-corrected chi connectivity index (χ2v) is 8.52. The van der Waals surface area contributed by atoms with E-state index in [0.29, 0.717) is 18.2 Å². The number of nitrogens with zero attached hydrogens (tertiary/aromatic N) is 1. The monoisotopic (exact) mass is 506 g/mol. The van der Waals surface area contributed by atoms with Gasteiger partial charge in [-0.25, -0.2) is 9.18 Å². The summed E-state index contributed by atoms with van der Waals surface area (Å²) in [6.45, 7) is 3.52. The minimum atomic E-state index is -4.94. The first-order chi connectivity index (χ1) is 15.4. The van der Waals surface area contributed by atoms with Crippen LogP contribution in [-0.4, -0.2) is 53.3 Å². The lowest BCUT2D eigenvalue weighted by atomic mass is 9.96. The van der Waals surface area contributed by atoms with E-state index in [1.807, 2.05) is 0 Å². The van der Waals surface area contributed by atoms with Crippen LogP contribution < -0.4 is 10.1 Å². The van der Waals surface area contributed by atoms with Crippen LogP contribution in [0.25, 0.3) is 0 Å². The van der Waals surface area contributed by atoms with Crippen LogP contribution in [0.3, 0.4) is 0 Å². The SMILES string of the molecule is CC(C)(C)OC(=O)N[C@@H]1CC[C@@H](C(F)(F)F)N(Cc2cc(OC(F)(F)C(F)F)ccc2F)C1=O. The third-order valence-corrected chi connectivity index (χ3v) is 4.62. The molecule has 0 aromatic heterocycles. The largest absolute Gasteiger partial charge is 0.461 e. The highest BCUT2D eigenvalue weighted by atomic mass is 19.4. The zero-order valence-electron chi connectivity index (χ0n) is 18.2. The Balaban J connectivity index is 2.30. The van der Waals surface area contributed by atoms with Gasteiger partial charge in [-0.3, -0.25) is 4.79 Å². The molecule has 1 aromatic carbocycles. The lowest BCUT2D eigenvalue weighted by Gasteiger charge is -2.40. The summed E-state index contributed by atoms with van der Waals surface area (Å²) in [5.74, 6) is -3.36. The summed E-state index contributed by atoms with van der Waals surface area (Å²) < 4.78 is 115. The second kappa shape index (κ2) is 9.82. The molecule has 1 saturated heterocycles. The average Bonchev–Trinajstić information content (AvgIpc) is 2.64. The van der Waals surface area contributed by atoms with Crippen LogP contribution >= 0.6 is 0 Å². The number of nitrogens with one attached hydrogen (secondary N) is 1. The van der Waals surface area contributed by atoms with Crippen molar-refractivity contribution < 1.29 is 54.2 Å². The summed E-state index contributed by atoms with van der Waals surface area (Å²) >= 11 is 0. The summed E-state index contributed by atoms with van der Waals surface area (Å²) in [7, 11) is 0. The molecule has 2 amide bonds. The molecule has 1 aliphatic rings. The highest BCUT2D eigenvalue weighted by Gasteiger charge is 2.50. The van der Waals surface area contributed by atoms with E-state index < -0.39 is 84.9 Å². The van der Waals surface area contributed by atoms with Gasteiger partial charge >= 0.3 is 24.8 Å². The van der Waals surface area contributed by atoms with Crippen LogP contribution in [0.2, 0.25) is 0 Å². The number of piperidine rings is 1. The molecule has 2 atom stereocenters. The van der Waals surface area contributed by atoms with Crippen molar-refractivity contribution in [1.82, 2.24) is 10.2 Å². The molecule has 1 N–H and O–H groups in total. The normalized spacial score (nSPS) is 19.9. The van der Waals surface area contributed by atoms with Gasteiger partial charge in [-0.15, -0.1) is 0 Å². The van der Waals surface area contributed by atoms with Gasteiger partial charge in [0.1, 0.15) is 29.3 Å². The first kappa shape index (κ1) is 27.4. The van der Waals surface area contributed by atoms with Crippen molar-refractivity contribution in [3.8, 4) is 5.75 Å². The van der Waals surface area contributed by atoms with E-state index in [-0.39, 0.29) is 4.90 Å². The Morgan fingerprint density at radius 1 is 1.15 bits per heavy atom. The number of halogens is 8. The Morgan fingerprint density at radius 3 is 2.29 bits per heavy atom. The Morgan fingerprint density at radius 2 is 1.76 bits per heavy atom. The topological polar surface area (TPSA) is 67.9 Å². The summed E-state index contributed by atoms with van der Waals surface area (Å²) in [6, 6.07) is -2.19. The summed E-state index contributed by atoms with van der Waals surface area (Å²) in [4.78, 5) is 25.0. The van der Waals surface area contributed by atoms with Crippen molar-refractivity contribution in [2.75, 3.05) is 0 Å². The number of carbonyl (C=O) groups excluding carboxylic acids is 2. The van der Waals surface area contributed by atoms with Gasteiger partial charge in [0.25, 0.3) is 0 Å². The van der Waals surface area contributed by atoms with Crippen molar-refractivity contribution in [1.29, 1.82) is 0 Å². The fraction of sp³-hybridized carbons (Fsp3) is 0.600. The van der Waals surface area contributed by atoms with Gasteiger partial charge in [0.15, 0.2) is 0 Å². The van der Waals surface area contributed by atoms with Crippen LogP contribution in [-0.2, 0) is 16.1 Å². The van der Waals surface area contributed by atoms with Gasteiger partial charge in [0.05, 0.1) is 0 Å². The van der Waals surface area contributed by atoms with Crippen molar-refractivity contribution in [2.24, 2.45) is 0 Å². The molecule has 6 nitrogen and oxygen atoms in total. The number of ether oxygens (including phenoxy) is 2. The van der Waals surface area contributed by atoms with Gasteiger partial charge < -0.3 is 19.7 Å². The summed E-state index contributed by atoms with van der Waals surface area (Å²) in [5, 5.41) is 2.16. The lowest BCUT2D eigenvalue weighted by Crippen LogP contribution is -2.59. The molecule has 0 aliphatic carbocycles. The van der Waals surface area contributed by atoms with Crippen molar-refractivity contribution in [3.63, 3.8) is 0 Å². The van der Waals surface area contributed by atoms with E-state index in [9.17, 15) is 44.7 Å². The maximum absolute atomic E-state index is 14.3. The van der Waals surface area contributed by atoms with Gasteiger partial charge in [-0.1, -0.05) is 0 Å². The number of benzene rings is 1. The van der Waals surface area contributed by atoms with E-state index in [2.05, 4.69) is 10.1 Å². The molecule has 1 aliphatic heterocycles. The van der Waals surface area contributed by atoms with Gasteiger partial charge in [0.2, 0.25) is 5.91 Å². The van der Waals surface area contributed by atoms with E-state index >= 15 is 0 Å². The van der Waals surface area contributed by atoms with Crippen molar-refractivity contribution >= 4 is 12.0 Å². The van der Waals surface area contributed by atoms with Crippen LogP contribution in [0.1, 0.15) is 39.2 Å². The quantitative estimate of drug-likeness (QED) is 0.551. The van der Waals surface area contributed by atoms with E-state index in [1.54, 1.807) is 0 Å². The van der Waals surface area contributed by atoms with Crippen molar-refractivity contribution in [2.45, 2.75) is 76.6 Å². The molecule has 34 heavy (non-hydrogen) atoms. The molecular formula is C20H22F8N2O4. The minimum Gasteiger partial charge on any atom is -0.444 e. The third kappa shape index (κ3) is 7.10. The Hall–Kier alpha value is -2.80. The zero-order chi connectivity index (χ0) is 26.1. The molecule has 1 heterocycles. The summed E-state index contributed by atoms with van der Waals surface area (Å²) in [5.41, 5.74) is -1.65. The minimum absolute atomic E-state index is 0.235. The Bertz CT molecular complexity index is 902. The molecule has 0 spiro atoms. The highest BCUT2D eigenvalue weighted by molar-refractivity contribution is 5.86. The molecule has 0 saturated carbocycles. The Kier molecular flexibility index (Phi) is 7.93. The van der Waals surface area contributed by atoms with E-state index in [4.69, 9.17) is 4.74 Å². The second-order valence-electron chi connectivity index (χ2n) is 8.52. The highest BCUT2D eigenvalue weighted by Crippen LogP contribution is 2.35. The molecule has 1 fully saturated rings. The summed E-state index contributed by atoms with van der Waals surface area (Å²) in [6.07, 6.45) is -16.2. The zero-order valence-corrected chi connectivity index (χ0v) is 18.2. The Labute approximate surface area is 189 Å². The molecular weight excluding hydrogens is 484 g/mol. The molecule has 2 rings (SSSR count). The number of alkyl carbamates (subject to hydrolysis) is 1. The first-order valence-corrected chi connectivity index (χ1v) is 9.91. The molecule has 14 heteroatoms. The number of alkyl halides is 7. The molecule has 0 unspecified atom stereocenters. The average molecular weight is 506 g/mol. The maximum atomic E-state index is 14.3. The standard InChI is InChI=1S/C20H22F8N2O4/c1-18(2,3)34-17(32)29-13-6-7-14(19(24,25)26)30(15(13)31)9-10-8-11(4-5-12(10)21)33-20(27,28)16(22)23/h4-5,8,13-14,16H,6-7,9H2,1-3H3,(H,29,32)/t13-,14+/m1/s1. The van der Waals surface area contributed by atoms with Crippen molar-refractivity contribution in [3.05, 3.63) is 29.6 Å². The fourth-order valence-corrected chi connectivity index (χ4v) is 3.19. The van der Waals surface area contributed by atoms with Gasteiger partial charge in [-0.05, 0) is 51.8 Å². The number of likely N-dealkylation sites (tertiary alicyclic amines) is 1. The predicted molar refractivity (Wildman–Crippen MR) is 101 cm³/mol. The molecule has 1 aromatic rings. The number of rotatable bonds is 6. The molecule has 0 bridgehead atoms. The van der Waals surface area contributed by atoms with Crippen LogP contribution in [0.15, 0.2) is 18.2 Å². The lowest BCUT2D eigenvalue weighted by molar-refractivity contribution is -0.253. The molecule has 0 radical (unpaired) electrons. The smallest absolute Gasteiger partial charge is 0.444 e. The van der Waals surface area contributed by atoms with E-state index in [0.717, 1.165) is 0 Å². The van der Waals surface area contributed by atoms with Crippen LogP contribution in [0.5, 0.6) is 5.75 Å². The third-order valence-electron chi connectivity index (χ3n) is 4.62. The predicted octanol–water partition coefficient (Wildman–Crippen LogP) is 5.01. The van der Waals surface area contributed by atoms with Gasteiger partial charge in [0, 0.05) is 12.1 Å². The first-order valence-electron chi connectivity index (χ1n) is 9.91. The number of hydrogen-bond acceptors (Lipinski definition) is 4.